The van der Waals surface area contributed by atoms with Gasteiger partial charge in [-0.1, -0.05) is 54.6 Å². The second-order valence-corrected chi connectivity index (χ2v) is 8.37. The molecule has 154 valence electrons. The van der Waals surface area contributed by atoms with Crippen molar-refractivity contribution in [2.75, 3.05) is 39.9 Å². The minimum Gasteiger partial charge on any atom is -0.384 e. The van der Waals surface area contributed by atoms with Gasteiger partial charge >= 0.3 is 0 Å². The zero-order valence-electron chi connectivity index (χ0n) is 17.3. The number of amides is 1. The van der Waals surface area contributed by atoms with Crippen molar-refractivity contribution < 1.29 is 9.53 Å². The number of nitrogens with one attached hydrogen (secondary N) is 1. The highest BCUT2D eigenvalue weighted by molar-refractivity contribution is 5.80. The van der Waals surface area contributed by atoms with Crippen molar-refractivity contribution in [2.24, 2.45) is 5.92 Å². The minimum atomic E-state index is 0.0425. The molecule has 2 aromatic carbocycles. The van der Waals surface area contributed by atoms with E-state index in [0.717, 1.165) is 52.0 Å². The van der Waals surface area contributed by atoms with Crippen LogP contribution in [0.15, 0.2) is 54.6 Å². The van der Waals surface area contributed by atoms with Gasteiger partial charge < -0.3 is 15.0 Å². The molecule has 2 atom stereocenters. The van der Waals surface area contributed by atoms with Crippen LogP contribution in [0.4, 0.5) is 0 Å². The van der Waals surface area contributed by atoms with Crippen molar-refractivity contribution in [3.63, 3.8) is 0 Å². The summed E-state index contributed by atoms with van der Waals surface area (Å²) >= 11 is 0. The maximum absolute atomic E-state index is 13.4. The molecule has 2 aliphatic heterocycles. The molecule has 0 radical (unpaired) electrons. The smallest absolute Gasteiger partial charge is 0.227 e. The molecular weight excluding hydrogens is 360 g/mol. The van der Waals surface area contributed by atoms with Crippen LogP contribution in [0.1, 0.15) is 41.4 Å². The van der Waals surface area contributed by atoms with Gasteiger partial charge in [-0.05, 0) is 41.9 Å². The first-order valence-corrected chi connectivity index (χ1v) is 10.9. The second kappa shape index (κ2) is 9.55. The highest BCUT2D eigenvalue weighted by Crippen LogP contribution is 2.33. The minimum absolute atomic E-state index is 0.0425. The maximum atomic E-state index is 13.4. The first-order valence-electron chi connectivity index (χ1n) is 10.9. The number of benzene rings is 2. The molecule has 0 aliphatic carbocycles. The molecule has 2 aliphatic rings. The molecule has 4 rings (SSSR count). The van der Waals surface area contributed by atoms with Gasteiger partial charge in [-0.15, -0.1) is 0 Å². The molecular formula is C25H32N2O2. The monoisotopic (exact) mass is 392 g/mol. The first-order chi connectivity index (χ1) is 14.3. The van der Waals surface area contributed by atoms with Crippen LogP contribution in [0.2, 0.25) is 0 Å². The Hall–Kier alpha value is -2.17. The van der Waals surface area contributed by atoms with E-state index in [9.17, 15) is 4.79 Å². The van der Waals surface area contributed by atoms with Gasteiger partial charge in [0, 0.05) is 39.2 Å². The van der Waals surface area contributed by atoms with Crippen molar-refractivity contribution in [1.29, 1.82) is 0 Å². The van der Waals surface area contributed by atoms with Crippen LogP contribution in [0.5, 0.6) is 0 Å². The number of piperidine rings is 1. The highest BCUT2D eigenvalue weighted by atomic mass is 16.5. The summed E-state index contributed by atoms with van der Waals surface area (Å²) in [6.07, 6.45) is 3.04. The van der Waals surface area contributed by atoms with E-state index >= 15 is 0 Å². The lowest BCUT2D eigenvalue weighted by atomic mass is 9.85. The van der Waals surface area contributed by atoms with Crippen LogP contribution in [-0.2, 0) is 16.0 Å². The number of carbonyl (C=O) groups is 1. The van der Waals surface area contributed by atoms with E-state index in [0.29, 0.717) is 11.8 Å². The van der Waals surface area contributed by atoms with Crippen LogP contribution in [0.25, 0.3) is 0 Å². The summed E-state index contributed by atoms with van der Waals surface area (Å²) in [7, 11) is 1.74. The Kier molecular flexibility index (Phi) is 6.63. The number of rotatable bonds is 6. The van der Waals surface area contributed by atoms with Crippen LogP contribution in [0.3, 0.4) is 0 Å². The van der Waals surface area contributed by atoms with Gasteiger partial charge in [-0.25, -0.2) is 0 Å². The zero-order valence-corrected chi connectivity index (χ0v) is 17.3. The summed E-state index contributed by atoms with van der Waals surface area (Å²) in [6, 6.07) is 19.4. The quantitative estimate of drug-likeness (QED) is 0.817. The van der Waals surface area contributed by atoms with Crippen LogP contribution >= 0.6 is 0 Å². The fraction of sp³-hybridized carbons (Fsp3) is 0.480. The van der Waals surface area contributed by atoms with Crippen LogP contribution < -0.4 is 5.32 Å². The third-order valence-corrected chi connectivity index (χ3v) is 6.58. The molecule has 4 nitrogen and oxygen atoms in total. The fourth-order valence-corrected chi connectivity index (χ4v) is 4.88. The molecule has 2 fully saturated rings. The molecule has 2 aromatic rings. The van der Waals surface area contributed by atoms with Gasteiger partial charge in [0.2, 0.25) is 5.91 Å². The van der Waals surface area contributed by atoms with Gasteiger partial charge in [0.25, 0.3) is 0 Å². The predicted octanol–water partition coefficient (Wildman–Crippen LogP) is 3.58. The standard InChI is InChI=1S/C25H32N2O2/c1-29-15-12-19-6-5-9-22(16-19)23-17-26-18-24(23)25(28)27-13-10-21(11-14-27)20-7-3-2-4-8-20/h2-9,16,21,23-24,26H,10-15,17-18H2,1H3/t23-,24+/m0/s1. The number of hydrogen-bond donors (Lipinski definition) is 1. The fourth-order valence-electron chi connectivity index (χ4n) is 4.88. The number of carbonyl (C=O) groups excluding carboxylic acids is 1. The molecule has 0 bridgehead atoms. The average molecular weight is 393 g/mol. The number of ether oxygens (including phenoxy) is 1. The van der Waals surface area contributed by atoms with Crippen molar-refractivity contribution in [3.8, 4) is 0 Å². The van der Waals surface area contributed by atoms with E-state index in [-0.39, 0.29) is 11.8 Å². The van der Waals surface area contributed by atoms with Crippen molar-refractivity contribution in [3.05, 3.63) is 71.3 Å². The van der Waals surface area contributed by atoms with Gasteiger partial charge in [0.05, 0.1) is 12.5 Å². The summed E-state index contributed by atoms with van der Waals surface area (Å²) in [5.74, 6) is 1.21. The van der Waals surface area contributed by atoms with Crippen molar-refractivity contribution in [2.45, 2.75) is 31.1 Å². The molecule has 4 heteroatoms. The lowest BCUT2D eigenvalue weighted by molar-refractivity contribution is -0.136. The average Bonchev–Trinajstić information content (AvgIpc) is 3.28. The lowest BCUT2D eigenvalue weighted by Crippen LogP contribution is -2.43. The topological polar surface area (TPSA) is 41.6 Å². The van der Waals surface area contributed by atoms with Crippen LogP contribution in [0, 0.1) is 5.92 Å². The number of methoxy groups -OCH3 is 1. The zero-order chi connectivity index (χ0) is 20.1. The Morgan fingerprint density at radius 2 is 1.79 bits per heavy atom. The van der Waals surface area contributed by atoms with Crippen LogP contribution in [-0.4, -0.2) is 50.7 Å². The molecule has 1 N–H and O–H groups in total. The van der Waals surface area contributed by atoms with Gasteiger partial charge in [0.1, 0.15) is 0 Å². The third-order valence-electron chi connectivity index (χ3n) is 6.58. The number of hydrogen-bond acceptors (Lipinski definition) is 3. The summed E-state index contributed by atoms with van der Waals surface area (Å²) < 4.78 is 5.22. The third kappa shape index (κ3) is 4.71. The Morgan fingerprint density at radius 1 is 1.03 bits per heavy atom. The summed E-state index contributed by atoms with van der Waals surface area (Å²) in [6.45, 7) is 4.13. The maximum Gasteiger partial charge on any atom is 0.227 e. The van der Waals surface area contributed by atoms with Crippen molar-refractivity contribution in [1.82, 2.24) is 10.2 Å². The molecule has 2 heterocycles. The Morgan fingerprint density at radius 3 is 2.55 bits per heavy atom. The summed E-state index contributed by atoms with van der Waals surface area (Å²) in [4.78, 5) is 15.5. The normalized spacial score (nSPS) is 22.7. The molecule has 29 heavy (non-hydrogen) atoms. The number of likely N-dealkylation sites (tertiary alicyclic amines) is 1. The van der Waals surface area contributed by atoms with E-state index in [1.807, 2.05) is 0 Å². The summed E-state index contributed by atoms with van der Waals surface area (Å²) in [5, 5.41) is 3.47. The lowest BCUT2D eigenvalue weighted by Gasteiger charge is -2.35. The molecule has 0 spiro atoms. The largest absolute Gasteiger partial charge is 0.384 e. The van der Waals surface area contributed by atoms with Gasteiger partial charge in [0.15, 0.2) is 0 Å². The Bertz CT molecular complexity index is 799. The number of nitrogens with zero attached hydrogens (tertiary/aromatic N) is 1. The predicted molar refractivity (Wildman–Crippen MR) is 116 cm³/mol. The van der Waals surface area contributed by atoms with E-state index in [4.69, 9.17) is 4.74 Å². The Balaban J connectivity index is 1.40. The molecule has 2 saturated heterocycles. The van der Waals surface area contributed by atoms with E-state index in [1.165, 1.54) is 16.7 Å². The SMILES string of the molecule is COCCc1cccc([C@@H]2CNC[C@H]2C(=O)N2CCC(c3ccccc3)CC2)c1. The van der Waals surface area contributed by atoms with Gasteiger partial charge in [-0.3, -0.25) is 4.79 Å². The van der Waals surface area contributed by atoms with E-state index in [1.54, 1.807) is 7.11 Å². The van der Waals surface area contributed by atoms with Crippen molar-refractivity contribution >= 4 is 5.91 Å². The first kappa shape index (κ1) is 20.1. The molecule has 0 aromatic heterocycles. The molecule has 1 amide bonds. The molecule has 0 saturated carbocycles. The highest BCUT2D eigenvalue weighted by Gasteiger charge is 2.37. The second-order valence-electron chi connectivity index (χ2n) is 8.37. The van der Waals surface area contributed by atoms with E-state index in [2.05, 4.69) is 64.8 Å². The van der Waals surface area contributed by atoms with E-state index < -0.39 is 0 Å². The molecule has 0 unspecified atom stereocenters. The Labute approximate surface area is 174 Å². The summed E-state index contributed by atoms with van der Waals surface area (Å²) in [5.41, 5.74) is 3.97. The van der Waals surface area contributed by atoms with Gasteiger partial charge in [-0.2, -0.15) is 0 Å².